The van der Waals surface area contributed by atoms with Crippen LogP contribution < -0.4 is 10.1 Å². The van der Waals surface area contributed by atoms with E-state index >= 15 is 0 Å². The van der Waals surface area contributed by atoms with Gasteiger partial charge in [-0.3, -0.25) is 9.59 Å². The van der Waals surface area contributed by atoms with E-state index < -0.39 is 27.5 Å². The topological polar surface area (TPSA) is 116 Å². The first-order chi connectivity index (χ1) is 15.8. The largest absolute Gasteiger partial charge is 0.497 e. The molecular weight excluding hydrogens is 446 g/mol. The number of hydrogen-bond acceptors (Lipinski definition) is 7. The molecule has 4 rings (SSSR count). The molecule has 0 saturated heterocycles. The number of carbonyl (C=O) groups excluding carboxylic acids is 3. The Labute approximate surface area is 190 Å². The molecule has 9 heteroatoms. The van der Waals surface area contributed by atoms with Crippen molar-refractivity contribution >= 4 is 27.5 Å². The normalized spacial score (nSPS) is 13.4. The number of sulfone groups is 1. The Morgan fingerprint density at radius 2 is 1.55 bits per heavy atom. The van der Waals surface area contributed by atoms with Crippen molar-refractivity contribution in [2.24, 2.45) is 0 Å². The molecule has 0 radical (unpaired) electrons. The van der Waals surface area contributed by atoms with Crippen LogP contribution in [0.4, 0.5) is 0 Å². The van der Waals surface area contributed by atoms with E-state index in [1.54, 1.807) is 36.4 Å². The van der Waals surface area contributed by atoms with Crippen molar-refractivity contribution in [2.75, 3.05) is 20.3 Å². The van der Waals surface area contributed by atoms with Crippen molar-refractivity contribution in [3.63, 3.8) is 0 Å². The second-order valence-corrected chi connectivity index (χ2v) is 9.05. The van der Waals surface area contributed by atoms with Gasteiger partial charge in [-0.25, -0.2) is 13.2 Å². The zero-order chi connectivity index (χ0) is 23.6. The zero-order valence-electron chi connectivity index (χ0n) is 17.5. The number of carbonyl (C=O) groups is 3. The Bertz CT molecular complexity index is 1360. The van der Waals surface area contributed by atoms with Gasteiger partial charge < -0.3 is 14.8 Å². The molecule has 0 aromatic heterocycles. The minimum absolute atomic E-state index is 0.0202. The van der Waals surface area contributed by atoms with Gasteiger partial charge in [0, 0.05) is 16.7 Å². The van der Waals surface area contributed by atoms with Crippen LogP contribution in [-0.4, -0.2) is 46.3 Å². The Kier molecular flexibility index (Phi) is 5.97. The molecule has 168 valence electrons. The Balaban J connectivity index is 1.41. The number of ether oxygens (including phenoxy) is 2. The van der Waals surface area contributed by atoms with Crippen molar-refractivity contribution < 1.29 is 32.3 Å². The van der Waals surface area contributed by atoms with Gasteiger partial charge in [0.15, 0.2) is 5.78 Å². The van der Waals surface area contributed by atoms with Gasteiger partial charge in [0.25, 0.3) is 5.91 Å². The van der Waals surface area contributed by atoms with Gasteiger partial charge in [-0.15, -0.1) is 0 Å². The third-order valence-electron chi connectivity index (χ3n) is 5.15. The van der Waals surface area contributed by atoms with E-state index in [0.717, 1.165) is 0 Å². The summed E-state index contributed by atoms with van der Waals surface area (Å²) in [6.45, 7) is -0.0575. The number of nitrogens with one attached hydrogen (secondary N) is 1. The van der Waals surface area contributed by atoms with Crippen molar-refractivity contribution in [2.45, 2.75) is 9.79 Å². The lowest BCUT2D eigenvalue weighted by Gasteiger charge is -2.19. The lowest BCUT2D eigenvalue weighted by atomic mass is 10.0. The number of benzene rings is 3. The van der Waals surface area contributed by atoms with E-state index in [2.05, 4.69) is 5.32 Å². The number of rotatable bonds is 6. The zero-order valence-corrected chi connectivity index (χ0v) is 18.3. The van der Waals surface area contributed by atoms with Crippen molar-refractivity contribution in [1.29, 1.82) is 0 Å². The highest BCUT2D eigenvalue weighted by Gasteiger charge is 2.35. The molecule has 1 heterocycles. The summed E-state index contributed by atoms with van der Waals surface area (Å²) in [7, 11) is -2.42. The monoisotopic (exact) mass is 465 g/mol. The molecule has 1 N–H and O–H groups in total. The summed E-state index contributed by atoms with van der Waals surface area (Å²) in [4.78, 5) is 37.0. The maximum atomic E-state index is 13.0. The number of methoxy groups -OCH3 is 1. The molecular formula is C24H19NO7S. The second-order valence-electron chi connectivity index (χ2n) is 7.16. The molecule has 0 fully saturated rings. The molecule has 0 aliphatic carbocycles. The van der Waals surface area contributed by atoms with Crippen LogP contribution in [0.1, 0.15) is 36.6 Å². The molecule has 1 aliphatic heterocycles. The van der Waals surface area contributed by atoms with E-state index in [0.29, 0.717) is 11.3 Å². The first-order valence-corrected chi connectivity index (χ1v) is 11.4. The van der Waals surface area contributed by atoms with Gasteiger partial charge in [0.05, 0.1) is 29.0 Å². The molecule has 1 aliphatic rings. The van der Waals surface area contributed by atoms with Crippen LogP contribution in [0.5, 0.6) is 5.75 Å². The predicted octanol–water partition coefficient (Wildman–Crippen LogP) is 2.66. The van der Waals surface area contributed by atoms with Gasteiger partial charge in [0.2, 0.25) is 9.84 Å². The summed E-state index contributed by atoms with van der Waals surface area (Å²) in [6.07, 6.45) is 0. The van der Waals surface area contributed by atoms with Crippen LogP contribution in [0.3, 0.4) is 0 Å². The van der Waals surface area contributed by atoms with Gasteiger partial charge in [-0.05, 0) is 54.6 Å². The molecule has 0 saturated carbocycles. The summed E-state index contributed by atoms with van der Waals surface area (Å²) in [5.41, 5.74) is 0.553. The highest BCUT2D eigenvalue weighted by molar-refractivity contribution is 7.91. The van der Waals surface area contributed by atoms with Crippen LogP contribution >= 0.6 is 0 Å². The summed E-state index contributed by atoms with van der Waals surface area (Å²) in [6, 6.07) is 16.3. The number of fused-ring (bicyclic) bond motifs is 2. The summed E-state index contributed by atoms with van der Waals surface area (Å²) in [5.74, 6) is -0.910. The molecule has 0 spiro atoms. The summed E-state index contributed by atoms with van der Waals surface area (Å²) >= 11 is 0. The van der Waals surface area contributed by atoms with E-state index in [1.165, 1.54) is 37.4 Å². The molecule has 1 amide bonds. The lowest BCUT2D eigenvalue weighted by molar-refractivity contribution is 0.0503. The number of ketones is 1. The van der Waals surface area contributed by atoms with E-state index in [9.17, 15) is 22.8 Å². The SMILES string of the molecule is COc1ccc(C(=O)OCCNC(=O)c2ccc3c(c2)S(=O)(=O)c2ccccc2C3=O)cc1. The third kappa shape index (κ3) is 4.22. The van der Waals surface area contributed by atoms with E-state index in [-0.39, 0.29) is 39.6 Å². The maximum Gasteiger partial charge on any atom is 0.338 e. The fraction of sp³-hybridized carbons (Fsp3) is 0.125. The number of esters is 1. The van der Waals surface area contributed by atoms with Crippen LogP contribution in [0, 0.1) is 0 Å². The summed E-state index contributed by atoms with van der Waals surface area (Å²) in [5, 5.41) is 2.57. The van der Waals surface area contributed by atoms with Crippen LogP contribution in [-0.2, 0) is 14.6 Å². The van der Waals surface area contributed by atoms with Crippen molar-refractivity contribution in [3.05, 3.63) is 89.0 Å². The highest BCUT2D eigenvalue weighted by atomic mass is 32.2. The fourth-order valence-electron chi connectivity index (χ4n) is 3.45. The van der Waals surface area contributed by atoms with E-state index in [1.807, 2.05) is 0 Å². The molecule has 0 unspecified atom stereocenters. The summed E-state index contributed by atoms with van der Waals surface area (Å²) < 4.78 is 36.1. The minimum atomic E-state index is -3.94. The first kappa shape index (κ1) is 22.2. The number of hydrogen-bond donors (Lipinski definition) is 1. The van der Waals surface area contributed by atoms with E-state index in [4.69, 9.17) is 9.47 Å². The molecule has 0 atom stereocenters. The Morgan fingerprint density at radius 1 is 0.879 bits per heavy atom. The molecule has 3 aromatic carbocycles. The number of amides is 1. The molecule has 33 heavy (non-hydrogen) atoms. The molecule has 0 bridgehead atoms. The van der Waals surface area contributed by atoms with Crippen LogP contribution in [0.25, 0.3) is 0 Å². The Morgan fingerprint density at radius 3 is 2.27 bits per heavy atom. The smallest absolute Gasteiger partial charge is 0.338 e. The quantitative estimate of drug-likeness (QED) is 0.344. The molecule has 8 nitrogen and oxygen atoms in total. The predicted molar refractivity (Wildman–Crippen MR) is 117 cm³/mol. The molecule has 3 aromatic rings. The minimum Gasteiger partial charge on any atom is -0.497 e. The third-order valence-corrected chi connectivity index (χ3v) is 7.00. The van der Waals surface area contributed by atoms with Gasteiger partial charge in [-0.1, -0.05) is 12.1 Å². The first-order valence-electron chi connectivity index (χ1n) is 9.95. The average molecular weight is 465 g/mol. The second kappa shape index (κ2) is 8.87. The van der Waals surface area contributed by atoms with Gasteiger partial charge >= 0.3 is 5.97 Å². The standard InChI is InChI=1S/C24H19NO7S/c1-31-17-9-6-15(7-10-17)24(28)32-13-12-25-23(27)16-8-11-19-21(14-16)33(29,30)20-5-3-2-4-18(20)22(19)26/h2-11,14H,12-13H2,1H3,(H,25,27). The highest BCUT2D eigenvalue weighted by Crippen LogP contribution is 2.34. The van der Waals surface area contributed by atoms with Crippen LogP contribution in [0.15, 0.2) is 76.5 Å². The van der Waals surface area contributed by atoms with Crippen LogP contribution in [0.2, 0.25) is 0 Å². The lowest BCUT2D eigenvalue weighted by Crippen LogP contribution is -2.29. The average Bonchev–Trinajstić information content (AvgIpc) is 2.85. The van der Waals surface area contributed by atoms with Crippen molar-refractivity contribution in [1.82, 2.24) is 5.32 Å². The van der Waals surface area contributed by atoms with Crippen molar-refractivity contribution in [3.8, 4) is 5.75 Å². The fourth-order valence-corrected chi connectivity index (χ4v) is 5.12. The maximum absolute atomic E-state index is 13.0. The Hall–Kier alpha value is -3.98. The van der Waals surface area contributed by atoms with Gasteiger partial charge in [0.1, 0.15) is 12.4 Å². The van der Waals surface area contributed by atoms with Gasteiger partial charge in [-0.2, -0.15) is 0 Å².